The van der Waals surface area contributed by atoms with Crippen molar-refractivity contribution in [3.8, 4) is 0 Å². The topological polar surface area (TPSA) is 20.2 Å². The molecular weight excluding hydrogens is 338 g/mol. The maximum atomic E-state index is 13.8. The standard InChI is InChI=1S/C17H15BrF2O/c18-14-2-1-12-9-17(21,6-5-11(12)7-14)10-13-8-15(19)3-4-16(13)20/h1-4,7-8,21H,5-6,9-10H2. The van der Waals surface area contributed by atoms with Crippen LogP contribution in [0.2, 0.25) is 0 Å². The van der Waals surface area contributed by atoms with Gasteiger partial charge in [-0.2, -0.15) is 0 Å². The molecular formula is C17H15BrF2O. The number of hydrogen-bond donors (Lipinski definition) is 1. The molecule has 0 amide bonds. The Morgan fingerprint density at radius 3 is 2.71 bits per heavy atom. The molecule has 0 spiro atoms. The molecule has 1 nitrogen and oxygen atoms in total. The lowest BCUT2D eigenvalue weighted by Crippen LogP contribution is -2.38. The third-order valence-electron chi connectivity index (χ3n) is 4.07. The van der Waals surface area contributed by atoms with Gasteiger partial charge >= 0.3 is 0 Å². The summed E-state index contributed by atoms with van der Waals surface area (Å²) in [6.45, 7) is 0. The van der Waals surface area contributed by atoms with Crippen molar-refractivity contribution in [1.29, 1.82) is 0 Å². The zero-order valence-corrected chi connectivity index (χ0v) is 13.0. The van der Waals surface area contributed by atoms with Crippen molar-refractivity contribution in [2.45, 2.75) is 31.3 Å². The van der Waals surface area contributed by atoms with Gasteiger partial charge in [-0.05, 0) is 59.9 Å². The Labute approximate surface area is 130 Å². The lowest BCUT2D eigenvalue weighted by Gasteiger charge is -2.34. The van der Waals surface area contributed by atoms with Crippen molar-refractivity contribution < 1.29 is 13.9 Å². The van der Waals surface area contributed by atoms with E-state index in [0.717, 1.165) is 28.6 Å². The van der Waals surface area contributed by atoms with E-state index >= 15 is 0 Å². The van der Waals surface area contributed by atoms with E-state index in [9.17, 15) is 13.9 Å². The highest BCUT2D eigenvalue weighted by atomic mass is 79.9. The molecule has 1 atom stereocenters. The summed E-state index contributed by atoms with van der Waals surface area (Å²) in [5, 5.41) is 10.8. The smallest absolute Gasteiger partial charge is 0.126 e. The van der Waals surface area contributed by atoms with Gasteiger partial charge in [0.15, 0.2) is 0 Å². The van der Waals surface area contributed by atoms with Crippen LogP contribution in [0.15, 0.2) is 40.9 Å². The highest BCUT2D eigenvalue weighted by molar-refractivity contribution is 9.10. The maximum Gasteiger partial charge on any atom is 0.126 e. The Morgan fingerprint density at radius 2 is 1.90 bits per heavy atom. The van der Waals surface area contributed by atoms with E-state index in [0.29, 0.717) is 12.8 Å². The van der Waals surface area contributed by atoms with Gasteiger partial charge in [-0.25, -0.2) is 8.78 Å². The number of rotatable bonds is 2. The number of aliphatic hydroxyl groups is 1. The second-order valence-corrected chi connectivity index (χ2v) is 6.64. The van der Waals surface area contributed by atoms with Gasteiger partial charge in [0.25, 0.3) is 0 Å². The molecule has 2 aromatic carbocycles. The molecule has 4 heteroatoms. The Bertz CT molecular complexity index is 686. The first kappa shape index (κ1) is 14.7. The molecule has 0 heterocycles. The summed E-state index contributed by atoms with van der Waals surface area (Å²) in [5.74, 6) is -0.943. The molecule has 1 unspecified atom stereocenters. The fraction of sp³-hybridized carbons (Fsp3) is 0.294. The molecule has 3 rings (SSSR count). The lowest BCUT2D eigenvalue weighted by molar-refractivity contribution is 0.0259. The highest BCUT2D eigenvalue weighted by Crippen LogP contribution is 2.33. The molecule has 21 heavy (non-hydrogen) atoms. The minimum atomic E-state index is -1.02. The zero-order chi connectivity index (χ0) is 15.0. The van der Waals surface area contributed by atoms with Gasteiger partial charge < -0.3 is 5.11 Å². The Kier molecular flexibility index (Phi) is 3.84. The van der Waals surface area contributed by atoms with Crippen molar-refractivity contribution in [2.75, 3.05) is 0 Å². The monoisotopic (exact) mass is 352 g/mol. The third-order valence-corrected chi connectivity index (χ3v) is 4.57. The molecule has 1 aliphatic carbocycles. The Balaban J connectivity index is 1.86. The lowest BCUT2D eigenvalue weighted by atomic mass is 9.77. The number of benzene rings is 2. The molecule has 1 aliphatic rings. The van der Waals surface area contributed by atoms with Gasteiger partial charge in [0.05, 0.1) is 5.60 Å². The third kappa shape index (κ3) is 3.16. The van der Waals surface area contributed by atoms with Crippen LogP contribution >= 0.6 is 15.9 Å². The summed E-state index contributed by atoms with van der Waals surface area (Å²) < 4.78 is 28.0. The van der Waals surface area contributed by atoms with Gasteiger partial charge in [0.2, 0.25) is 0 Å². The van der Waals surface area contributed by atoms with Crippen LogP contribution in [0, 0.1) is 11.6 Å². The summed E-state index contributed by atoms with van der Waals surface area (Å²) in [7, 11) is 0. The first-order valence-corrected chi connectivity index (χ1v) is 7.68. The number of hydrogen-bond acceptors (Lipinski definition) is 1. The second kappa shape index (κ2) is 5.50. The number of halogens is 3. The van der Waals surface area contributed by atoms with Crippen molar-refractivity contribution >= 4 is 15.9 Å². The fourth-order valence-corrected chi connectivity index (χ4v) is 3.40. The van der Waals surface area contributed by atoms with Crippen LogP contribution in [-0.2, 0) is 19.3 Å². The molecule has 0 radical (unpaired) electrons. The van der Waals surface area contributed by atoms with Crippen molar-refractivity contribution in [3.05, 3.63) is 69.2 Å². The van der Waals surface area contributed by atoms with E-state index in [-0.39, 0.29) is 12.0 Å². The number of fused-ring (bicyclic) bond motifs is 1. The maximum absolute atomic E-state index is 13.8. The van der Waals surface area contributed by atoms with E-state index < -0.39 is 17.2 Å². The SMILES string of the molecule is OC1(Cc2cc(F)ccc2F)CCc2cc(Br)ccc2C1. The summed E-state index contributed by atoms with van der Waals surface area (Å²) in [6, 6.07) is 9.35. The van der Waals surface area contributed by atoms with E-state index in [2.05, 4.69) is 22.0 Å². The van der Waals surface area contributed by atoms with Gasteiger partial charge in [0.1, 0.15) is 11.6 Å². The quantitative estimate of drug-likeness (QED) is 0.859. The summed E-state index contributed by atoms with van der Waals surface area (Å²) >= 11 is 3.44. The largest absolute Gasteiger partial charge is 0.389 e. The van der Waals surface area contributed by atoms with Crippen LogP contribution in [0.5, 0.6) is 0 Å². The van der Waals surface area contributed by atoms with E-state index in [1.54, 1.807) is 0 Å². The van der Waals surface area contributed by atoms with E-state index in [4.69, 9.17) is 0 Å². The minimum absolute atomic E-state index is 0.131. The molecule has 0 bridgehead atoms. The van der Waals surface area contributed by atoms with Crippen LogP contribution in [-0.4, -0.2) is 10.7 Å². The van der Waals surface area contributed by atoms with Gasteiger partial charge in [-0.15, -0.1) is 0 Å². The summed E-state index contributed by atoms with van der Waals surface area (Å²) in [5.41, 5.74) is 1.49. The van der Waals surface area contributed by atoms with Crippen LogP contribution in [0.25, 0.3) is 0 Å². The molecule has 0 aliphatic heterocycles. The predicted octanol–water partition coefficient (Wildman–Crippen LogP) is 4.19. The molecule has 0 saturated carbocycles. The molecule has 0 aromatic heterocycles. The average molecular weight is 353 g/mol. The van der Waals surface area contributed by atoms with Crippen molar-refractivity contribution in [3.63, 3.8) is 0 Å². The molecule has 0 fully saturated rings. The Morgan fingerprint density at radius 1 is 1.10 bits per heavy atom. The van der Waals surface area contributed by atoms with Gasteiger partial charge in [-0.1, -0.05) is 22.0 Å². The fourth-order valence-electron chi connectivity index (χ4n) is 2.99. The van der Waals surface area contributed by atoms with E-state index in [1.807, 2.05) is 12.1 Å². The van der Waals surface area contributed by atoms with Crippen LogP contribution in [0.1, 0.15) is 23.1 Å². The van der Waals surface area contributed by atoms with Crippen LogP contribution < -0.4 is 0 Å². The second-order valence-electron chi connectivity index (χ2n) is 5.73. The van der Waals surface area contributed by atoms with Crippen molar-refractivity contribution in [1.82, 2.24) is 0 Å². The molecule has 0 saturated heterocycles. The van der Waals surface area contributed by atoms with E-state index in [1.165, 1.54) is 11.6 Å². The molecule has 110 valence electrons. The predicted molar refractivity (Wildman–Crippen MR) is 81.2 cm³/mol. The van der Waals surface area contributed by atoms with Gasteiger partial charge in [-0.3, -0.25) is 0 Å². The zero-order valence-electron chi connectivity index (χ0n) is 11.4. The average Bonchev–Trinajstić information content (AvgIpc) is 2.43. The van der Waals surface area contributed by atoms with Crippen LogP contribution in [0.4, 0.5) is 8.78 Å². The molecule has 2 aromatic rings. The van der Waals surface area contributed by atoms with Crippen molar-refractivity contribution in [2.24, 2.45) is 0 Å². The summed E-state index contributed by atoms with van der Waals surface area (Å²) in [6.07, 6.45) is 1.88. The Hall–Kier alpha value is -1.26. The van der Waals surface area contributed by atoms with Gasteiger partial charge in [0, 0.05) is 17.3 Å². The van der Waals surface area contributed by atoms with Crippen LogP contribution in [0.3, 0.4) is 0 Å². The first-order chi connectivity index (χ1) is 9.95. The number of aryl methyl sites for hydroxylation is 1. The first-order valence-electron chi connectivity index (χ1n) is 6.89. The summed E-state index contributed by atoms with van der Waals surface area (Å²) in [4.78, 5) is 0. The highest BCUT2D eigenvalue weighted by Gasteiger charge is 2.33. The normalized spacial score (nSPS) is 21.1. The minimum Gasteiger partial charge on any atom is -0.389 e. The molecule has 1 N–H and O–H groups in total.